The molecule has 0 fully saturated rings. The van der Waals surface area contributed by atoms with Crippen LogP contribution in [-0.2, 0) is 0 Å². The predicted molar refractivity (Wildman–Crippen MR) is 95.4 cm³/mol. The minimum atomic E-state index is 0.393. The van der Waals surface area contributed by atoms with Crippen LogP contribution in [0.25, 0.3) is 22.2 Å². The van der Waals surface area contributed by atoms with E-state index in [9.17, 15) is 0 Å². The van der Waals surface area contributed by atoms with Crippen LogP contribution in [0.15, 0.2) is 35.5 Å². The predicted octanol–water partition coefficient (Wildman–Crippen LogP) is 2.86. The van der Waals surface area contributed by atoms with Crippen LogP contribution in [0, 0.1) is 5.92 Å². The molecule has 1 aromatic carbocycles. The molecule has 0 amide bonds. The van der Waals surface area contributed by atoms with Gasteiger partial charge in [-0.05, 0) is 18.1 Å². The van der Waals surface area contributed by atoms with Crippen molar-refractivity contribution in [2.24, 2.45) is 10.9 Å². The summed E-state index contributed by atoms with van der Waals surface area (Å²) in [6.07, 6.45) is 3.43. The zero-order chi connectivity index (χ0) is 16.4. The van der Waals surface area contributed by atoms with Crippen LogP contribution in [-0.4, -0.2) is 27.9 Å². The Morgan fingerprint density at radius 3 is 2.78 bits per heavy atom. The lowest BCUT2D eigenvalue weighted by Crippen LogP contribution is -2.04. The number of fused-ring (bicyclic) bond motifs is 1. The SMILES string of the molecule is CC(C)CN=Cc1c(N)nc2cc(-c3ccn[nH]3)ccc2c1N. The number of nitrogens with two attached hydrogens (primary N) is 2. The van der Waals surface area contributed by atoms with Crippen molar-refractivity contribution >= 4 is 28.6 Å². The van der Waals surface area contributed by atoms with E-state index in [1.807, 2.05) is 24.3 Å². The highest BCUT2D eigenvalue weighted by Crippen LogP contribution is 2.29. The Balaban J connectivity index is 2.06. The van der Waals surface area contributed by atoms with Crippen LogP contribution >= 0.6 is 0 Å². The number of nitrogen functional groups attached to an aromatic ring is 2. The molecule has 0 saturated heterocycles. The van der Waals surface area contributed by atoms with Gasteiger partial charge >= 0.3 is 0 Å². The van der Waals surface area contributed by atoms with E-state index in [2.05, 4.69) is 34.0 Å². The summed E-state index contributed by atoms with van der Waals surface area (Å²) in [4.78, 5) is 8.87. The van der Waals surface area contributed by atoms with Crippen molar-refractivity contribution in [1.82, 2.24) is 15.2 Å². The molecule has 0 aliphatic carbocycles. The summed E-state index contributed by atoms with van der Waals surface area (Å²) in [5, 5.41) is 7.77. The maximum absolute atomic E-state index is 6.27. The van der Waals surface area contributed by atoms with E-state index in [4.69, 9.17) is 11.5 Å². The Labute approximate surface area is 134 Å². The Hall–Kier alpha value is -2.89. The summed E-state index contributed by atoms with van der Waals surface area (Å²) < 4.78 is 0. The van der Waals surface area contributed by atoms with E-state index in [0.717, 1.165) is 28.7 Å². The van der Waals surface area contributed by atoms with Crippen molar-refractivity contribution in [2.45, 2.75) is 13.8 Å². The fourth-order valence-electron chi connectivity index (χ4n) is 2.40. The topological polar surface area (TPSA) is 106 Å². The van der Waals surface area contributed by atoms with Gasteiger partial charge in [0.1, 0.15) is 5.82 Å². The quantitative estimate of drug-likeness (QED) is 0.644. The molecule has 23 heavy (non-hydrogen) atoms. The minimum Gasteiger partial charge on any atom is -0.398 e. The van der Waals surface area contributed by atoms with Crippen LogP contribution in [0.1, 0.15) is 19.4 Å². The molecule has 0 radical (unpaired) electrons. The fraction of sp³-hybridized carbons (Fsp3) is 0.235. The van der Waals surface area contributed by atoms with E-state index >= 15 is 0 Å². The van der Waals surface area contributed by atoms with Crippen molar-refractivity contribution in [3.8, 4) is 11.3 Å². The molecule has 118 valence electrons. The molecule has 0 aliphatic rings. The third-order valence-electron chi connectivity index (χ3n) is 3.60. The number of rotatable bonds is 4. The largest absolute Gasteiger partial charge is 0.398 e. The molecule has 0 spiro atoms. The van der Waals surface area contributed by atoms with Crippen molar-refractivity contribution in [3.05, 3.63) is 36.0 Å². The molecule has 3 rings (SSSR count). The Morgan fingerprint density at radius 1 is 1.26 bits per heavy atom. The van der Waals surface area contributed by atoms with Gasteiger partial charge in [-0.2, -0.15) is 5.10 Å². The van der Waals surface area contributed by atoms with Gasteiger partial charge in [-0.15, -0.1) is 0 Å². The average Bonchev–Trinajstić information content (AvgIpc) is 3.04. The van der Waals surface area contributed by atoms with Gasteiger partial charge in [-0.25, -0.2) is 4.98 Å². The number of aliphatic imine (C=N–C) groups is 1. The number of nitrogens with zero attached hydrogens (tertiary/aromatic N) is 3. The standard InChI is InChI=1S/C17H20N6/c1-10(2)8-20-9-13-16(18)12-4-3-11(14-5-6-21-23-14)7-15(12)22-17(13)19/h3-7,9-10H,8H2,1-2H3,(H,21,23)(H4,18,19,22). The molecular weight excluding hydrogens is 288 g/mol. The smallest absolute Gasteiger partial charge is 0.135 e. The summed E-state index contributed by atoms with van der Waals surface area (Å²) in [6, 6.07) is 7.79. The number of benzene rings is 1. The third kappa shape index (κ3) is 3.01. The molecule has 0 atom stereocenters. The summed E-state index contributed by atoms with van der Waals surface area (Å²) in [7, 11) is 0. The zero-order valence-corrected chi connectivity index (χ0v) is 13.2. The molecular formula is C17H20N6. The molecule has 6 heteroatoms. The lowest BCUT2D eigenvalue weighted by atomic mass is 10.1. The van der Waals surface area contributed by atoms with Gasteiger partial charge in [0, 0.05) is 29.9 Å². The molecule has 6 nitrogen and oxygen atoms in total. The van der Waals surface area contributed by atoms with E-state index in [1.165, 1.54) is 0 Å². The Morgan fingerprint density at radius 2 is 2.09 bits per heavy atom. The Bertz CT molecular complexity index is 849. The van der Waals surface area contributed by atoms with Gasteiger partial charge < -0.3 is 11.5 Å². The number of aromatic amines is 1. The minimum absolute atomic E-state index is 0.393. The number of hydrogen-bond acceptors (Lipinski definition) is 5. The summed E-state index contributed by atoms with van der Waals surface area (Å²) in [5.74, 6) is 0.878. The van der Waals surface area contributed by atoms with Crippen LogP contribution in [0.5, 0.6) is 0 Å². The fourth-order valence-corrected chi connectivity index (χ4v) is 2.40. The summed E-state index contributed by atoms with van der Waals surface area (Å²) in [6.45, 7) is 4.95. The van der Waals surface area contributed by atoms with E-state index in [0.29, 0.717) is 23.0 Å². The van der Waals surface area contributed by atoms with Crippen molar-refractivity contribution in [3.63, 3.8) is 0 Å². The number of anilines is 2. The molecule has 3 aromatic rings. The van der Waals surface area contributed by atoms with Crippen LogP contribution in [0.2, 0.25) is 0 Å². The highest BCUT2D eigenvalue weighted by Gasteiger charge is 2.11. The van der Waals surface area contributed by atoms with Crippen molar-refractivity contribution < 1.29 is 0 Å². The second kappa shape index (κ2) is 6.08. The number of hydrogen-bond donors (Lipinski definition) is 3. The second-order valence-electron chi connectivity index (χ2n) is 5.91. The van der Waals surface area contributed by atoms with Crippen LogP contribution < -0.4 is 11.5 Å². The maximum Gasteiger partial charge on any atom is 0.135 e. The first-order valence-corrected chi connectivity index (χ1v) is 7.54. The molecule has 0 unspecified atom stereocenters. The van der Waals surface area contributed by atoms with Crippen LogP contribution in [0.3, 0.4) is 0 Å². The number of nitrogens with one attached hydrogen (secondary N) is 1. The molecule has 2 heterocycles. The van der Waals surface area contributed by atoms with E-state index < -0.39 is 0 Å². The molecule has 2 aromatic heterocycles. The normalized spacial score (nSPS) is 11.8. The van der Waals surface area contributed by atoms with Gasteiger partial charge in [0.25, 0.3) is 0 Å². The molecule has 0 saturated carbocycles. The summed E-state index contributed by atoms with van der Waals surface area (Å²) >= 11 is 0. The zero-order valence-electron chi connectivity index (χ0n) is 13.2. The highest BCUT2D eigenvalue weighted by molar-refractivity contribution is 6.04. The maximum atomic E-state index is 6.27. The monoisotopic (exact) mass is 308 g/mol. The number of pyridine rings is 1. The molecule has 0 aliphatic heterocycles. The van der Waals surface area contributed by atoms with Crippen molar-refractivity contribution in [2.75, 3.05) is 18.0 Å². The van der Waals surface area contributed by atoms with Gasteiger partial charge in [0.05, 0.1) is 22.5 Å². The number of H-pyrrole nitrogens is 1. The van der Waals surface area contributed by atoms with Gasteiger partial charge in [-0.3, -0.25) is 10.1 Å². The average molecular weight is 308 g/mol. The van der Waals surface area contributed by atoms with E-state index in [-0.39, 0.29) is 0 Å². The lowest BCUT2D eigenvalue weighted by Gasteiger charge is -2.10. The third-order valence-corrected chi connectivity index (χ3v) is 3.60. The van der Waals surface area contributed by atoms with Crippen molar-refractivity contribution in [1.29, 1.82) is 0 Å². The van der Waals surface area contributed by atoms with Crippen LogP contribution in [0.4, 0.5) is 11.5 Å². The number of aromatic nitrogens is 3. The van der Waals surface area contributed by atoms with E-state index in [1.54, 1.807) is 12.4 Å². The Kier molecular flexibility index (Phi) is 3.97. The van der Waals surface area contributed by atoms with Gasteiger partial charge in [0.2, 0.25) is 0 Å². The second-order valence-corrected chi connectivity index (χ2v) is 5.91. The first kappa shape index (κ1) is 15.0. The lowest BCUT2D eigenvalue weighted by molar-refractivity contribution is 0.667. The first-order valence-electron chi connectivity index (χ1n) is 7.54. The summed E-state index contributed by atoms with van der Waals surface area (Å²) in [5.41, 5.74) is 16.3. The van der Waals surface area contributed by atoms with Gasteiger partial charge in [0.15, 0.2) is 0 Å². The highest BCUT2D eigenvalue weighted by atomic mass is 15.1. The molecule has 5 N–H and O–H groups in total. The molecule has 0 bridgehead atoms. The van der Waals surface area contributed by atoms with Gasteiger partial charge in [-0.1, -0.05) is 26.0 Å². The first-order chi connectivity index (χ1) is 11.1.